The molecule has 3 aromatic rings. The van der Waals surface area contributed by atoms with E-state index in [1.54, 1.807) is 35.7 Å². The van der Waals surface area contributed by atoms with Gasteiger partial charge in [-0.1, -0.05) is 11.6 Å². The summed E-state index contributed by atoms with van der Waals surface area (Å²) in [6.07, 6.45) is 1.54. The van der Waals surface area contributed by atoms with Crippen LogP contribution in [0.2, 0.25) is 5.02 Å². The van der Waals surface area contributed by atoms with E-state index in [-0.39, 0.29) is 5.91 Å². The van der Waals surface area contributed by atoms with Crippen LogP contribution in [0.5, 0.6) is 5.75 Å². The van der Waals surface area contributed by atoms with Crippen molar-refractivity contribution in [3.8, 4) is 5.75 Å². The normalized spacial score (nSPS) is 14.1. The molecule has 1 saturated heterocycles. The van der Waals surface area contributed by atoms with Crippen molar-refractivity contribution < 1.29 is 14.3 Å². The number of hydrogen-bond acceptors (Lipinski definition) is 7. The van der Waals surface area contributed by atoms with E-state index in [9.17, 15) is 4.79 Å². The highest BCUT2D eigenvalue weighted by Gasteiger charge is 2.20. The smallest absolute Gasteiger partial charge is 0.254 e. The number of nitrogens with zero attached hydrogens (tertiary/aromatic N) is 4. The molecule has 0 bridgehead atoms. The second-order valence-electron chi connectivity index (χ2n) is 6.45. The Morgan fingerprint density at radius 2 is 2.07 bits per heavy atom. The molecule has 2 aromatic heterocycles. The van der Waals surface area contributed by atoms with Gasteiger partial charge in [0.2, 0.25) is 0 Å². The van der Waals surface area contributed by atoms with Gasteiger partial charge in [0.1, 0.15) is 22.4 Å². The van der Waals surface area contributed by atoms with Gasteiger partial charge in [-0.05, 0) is 18.2 Å². The molecule has 0 spiro atoms. The first-order valence-electron chi connectivity index (χ1n) is 9.15. The van der Waals surface area contributed by atoms with E-state index in [4.69, 9.17) is 21.1 Å². The summed E-state index contributed by atoms with van der Waals surface area (Å²) < 4.78 is 12.4. The molecule has 29 heavy (non-hydrogen) atoms. The number of aromatic nitrogens is 3. The fourth-order valence-electron chi connectivity index (χ4n) is 3.17. The lowest BCUT2D eigenvalue weighted by molar-refractivity contribution is 0.0302. The SMILES string of the molecule is CNc1cc(Nc2ccc(C(=O)N3CCOCC3)cc2OC)n2ncc(Cl)c2n1. The van der Waals surface area contributed by atoms with E-state index in [0.717, 1.165) is 0 Å². The summed E-state index contributed by atoms with van der Waals surface area (Å²) in [7, 11) is 3.34. The zero-order chi connectivity index (χ0) is 20.4. The molecule has 2 N–H and O–H groups in total. The lowest BCUT2D eigenvalue weighted by atomic mass is 10.1. The Morgan fingerprint density at radius 1 is 1.28 bits per heavy atom. The number of benzene rings is 1. The quantitative estimate of drug-likeness (QED) is 0.660. The average molecular weight is 417 g/mol. The summed E-state index contributed by atoms with van der Waals surface area (Å²) in [5.41, 5.74) is 1.78. The van der Waals surface area contributed by atoms with Gasteiger partial charge < -0.3 is 25.0 Å². The minimum absolute atomic E-state index is 0.0409. The number of fused-ring (bicyclic) bond motifs is 1. The number of halogens is 1. The lowest BCUT2D eigenvalue weighted by Crippen LogP contribution is -2.40. The predicted octanol–water partition coefficient (Wildman–Crippen LogP) is 2.65. The Bertz CT molecular complexity index is 1050. The second kappa shape index (κ2) is 8.14. The van der Waals surface area contributed by atoms with Crippen molar-refractivity contribution in [2.45, 2.75) is 0 Å². The number of methoxy groups -OCH3 is 1. The fourth-order valence-corrected chi connectivity index (χ4v) is 3.33. The molecule has 1 aromatic carbocycles. The molecule has 1 aliphatic heterocycles. The molecule has 3 heterocycles. The number of hydrogen-bond donors (Lipinski definition) is 2. The van der Waals surface area contributed by atoms with Crippen LogP contribution in [0.25, 0.3) is 5.65 Å². The number of amides is 1. The third kappa shape index (κ3) is 3.79. The maximum atomic E-state index is 12.7. The van der Waals surface area contributed by atoms with Gasteiger partial charge in [-0.25, -0.2) is 4.98 Å². The molecular weight excluding hydrogens is 396 g/mol. The van der Waals surface area contributed by atoms with Crippen molar-refractivity contribution in [2.24, 2.45) is 0 Å². The third-order valence-corrected chi connectivity index (χ3v) is 4.96. The molecule has 1 aliphatic rings. The Hall–Kier alpha value is -3.04. The molecule has 152 valence electrons. The highest BCUT2D eigenvalue weighted by Crippen LogP contribution is 2.31. The molecule has 0 atom stereocenters. The van der Waals surface area contributed by atoms with Crippen molar-refractivity contribution in [1.82, 2.24) is 19.5 Å². The Labute approximate surface area is 172 Å². The minimum Gasteiger partial charge on any atom is -0.495 e. The van der Waals surface area contributed by atoms with Gasteiger partial charge in [0, 0.05) is 31.8 Å². The number of ether oxygens (including phenoxy) is 2. The predicted molar refractivity (Wildman–Crippen MR) is 111 cm³/mol. The van der Waals surface area contributed by atoms with Crippen LogP contribution >= 0.6 is 11.6 Å². The van der Waals surface area contributed by atoms with Gasteiger partial charge in [-0.2, -0.15) is 9.61 Å². The van der Waals surface area contributed by atoms with E-state index in [0.29, 0.717) is 65.6 Å². The zero-order valence-electron chi connectivity index (χ0n) is 16.1. The molecule has 0 unspecified atom stereocenters. The number of nitrogens with one attached hydrogen (secondary N) is 2. The number of anilines is 3. The Kier molecular flexibility index (Phi) is 5.41. The second-order valence-corrected chi connectivity index (χ2v) is 6.86. The van der Waals surface area contributed by atoms with E-state index >= 15 is 0 Å². The average Bonchev–Trinajstić information content (AvgIpc) is 3.15. The van der Waals surface area contributed by atoms with Crippen molar-refractivity contribution >= 4 is 40.5 Å². The van der Waals surface area contributed by atoms with Crippen LogP contribution in [0, 0.1) is 0 Å². The highest BCUT2D eigenvalue weighted by atomic mass is 35.5. The molecule has 0 saturated carbocycles. The van der Waals surface area contributed by atoms with Crippen LogP contribution in [-0.4, -0.2) is 65.9 Å². The van der Waals surface area contributed by atoms with Crippen LogP contribution in [0.3, 0.4) is 0 Å². The molecule has 0 radical (unpaired) electrons. The van der Waals surface area contributed by atoms with Crippen molar-refractivity contribution in [2.75, 3.05) is 51.1 Å². The molecule has 4 rings (SSSR count). The van der Waals surface area contributed by atoms with Crippen LogP contribution in [0.4, 0.5) is 17.3 Å². The van der Waals surface area contributed by atoms with Gasteiger partial charge >= 0.3 is 0 Å². The first-order chi connectivity index (χ1) is 14.1. The maximum absolute atomic E-state index is 12.7. The fraction of sp³-hybridized carbons (Fsp3) is 0.316. The maximum Gasteiger partial charge on any atom is 0.254 e. The first-order valence-corrected chi connectivity index (χ1v) is 9.52. The molecular formula is C19H21ClN6O3. The largest absolute Gasteiger partial charge is 0.495 e. The van der Waals surface area contributed by atoms with E-state index in [1.165, 1.54) is 6.20 Å². The van der Waals surface area contributed by atoms with Crippen LogP contribution in [-0.2, 0) is 4.74 Å². The molecule has 1 fully saturated rings. The summed E-state index contributed by atoms with van der Waals surface area (Å²) in [4.78, 5) is 18.9. The number of carbonyl (C=O) groups excluding carboxylic acids is 1. The highest BCUT2D eigenvalue weighted by molar-refractivity contribution is 6.33. The van der Waals surface area contributed by atoms with Gasteiger partial charge in [0.15, 0.2) is 5.65 Å². The summed E-state index contributed by atoms with van der Waals surface area (Å²) in [5, 5.41) is 11.0. The summed E-state index contributed by atoms with van der Waals surface area (Å²) >= 11 is 6.19. The minimum atomic E-state index is -0.0409. The standard InChI is InChI=1S/C19H21ClN6O3/c1-21-16-10-17(26-18(24-16)13(20)11-22-26)23-14-4-3-12(9-15(14)28-2)19(27)25-5-7-29-8-6-25/h3-4,9-11,23H,5-8H2,1-2H3,(H,21,24). The van der Waals surface area contributed by atoms with Gasteiger partial charge in [0.05, 0.1) is 32.2 Å². The molecule has 1 amide bonds. The monoisotopic (exact) mass is 416 g/mol. The van der Waals surface area contributed by atoms with Crippen molar-refractivity contribution in [1.29, 1.82) is 0 Å². The number of rotatable bonds is 5. The number of carbonyl (C=O) groups is 1. The van der Waals surface area contributed by atoms with E-state index < -0.39 is 0 Å². The Morgan fingerprint density at radius 3 is 2.79 bits per heavy atom. The first kappa shape index (κ1) is 19.3. The van der Waals surface area contributed by atoms with E-state index in [1.807, 2.05) is 12.1 Å². The van der Waals surface area contributed by atoms with Crippen LogP contribution in [0.1, 0.15) is 10.4 Å². The van der Waals surface area contributed by atoms with Gasteiger partial charge in [-0.3, -0.25) is 4.79 Å². The third-order valence-electron chi connectivity index (χ3n) is 4.69. The van der Waals surface area contributed by atoms with Crippen molar-refractivity contribution in [3.63, 3.8) is 0 Å². The Balaban J connectivity index is 1.66. The van der Waals surface area contributed by atoms with Gasteiger partial charge in [0.25, 0.3) is 5.91 Å². The molecule has 0 aliphatic carbocycles. The van der Waals surface area contributed by atoms with Crippen LogP contribution in [0.15, 0.2) is 30.5 Å². The summed E-state index contributed by atoms with van der Waals surface area (Å²) in [6, 6.07) is 7.12. The van der Waals surface area contributed by atoms with Crippen LogP contribution < -0.4 is 15.4 Å². The summed E-state index contributed by atoms with van der Waals surface area (Å²) in [6.45, 7) is 2.29. The van der Waals surface area contributed by atoms with Gasteiger partial charge in [-0.15, -0.1) is 0 Å². The topological polar surface area (TPSA) is 93.0 Å². The number of morpholine rings is 1. The summed E-state index contributed by atoms with van der Waals surface area (Å²) in [5.74, 6) is 1.79. The lowest BCUT2D eigenvalue weighted by Gasteiger charge is -2.27. The van der Waals surface area contributed by atoms with Crippen molar-refractivity contribution in [3.05, 3.63) is 41.0 Å². The molecule has 10 heteroatoms. The zero-order valence-corrected chi connectivity index (χ0v) is 16.9. The molecule has 9 nitrogen and oxygen atoms in total. The van der Waals surface area contributed by atoms with E-state index in [2.05, 4.69) is 20.7 Å².